The Morgan fingerprint density at radius 2 is 2.25 bits per heavy atom. The summed E-state index contributed by atoms with van der Waals surface area (Å²) in [5.41, 5.74) is -0.440. The fourth-order valence-corrected chi connectivity index (χ4v) is 2.27. The standard InChI is InChI=1S/C11H22N2O2S/c1-3-13-11(2,9-12)5-4-6-16-8-10(15)7-14/h10,13-15H,3-8H2,1-2H3. The molecule has 0 spiro atoms. The maximum atomic E-state index is 9.11. The molecule has 0 heterocycles. The van der Waals surface area contributed by atoms with Crippen LogP contribution in [0.25, 0.3) is 0 Å². The topological polar surface area (TPSA) is 76.3 Å². The second kappa shape index (κ2) is 8.82. The first-order valence-electron chi connectivity index (χ1n) is 5.61. The van der Waals surface area contributed by atoms with Crippen LogP contribution in [-0.4, -0.2) is 46.5 Å². The summed E-state index contributed by atoms with van der Waals surface area (Å²) >= 11 is 1.61. The largest absolute Gasteiger partial charge is 0.394 e. The summed E-state index contributed by atoms with van der Waals surface area (Å²) in [5, 5.41) is 29.9. The van der Waals surface area contributed by atoms with E-state index in [0.29, 0.717) is 5.75 Å². The first-order valence-corrected chi connectivity index (χ1v) is 6.76. The van der Waals surface area contributed by atoms with Crippen LogP contribution in [0.15, 0.2) is 0 Å². The molecule has 94 valence electrons. The molecule has 0 aromatic carbocycles. The Labute approximate surface area is 102 Å². The van der Waals surface area contributed by atoms with E-state index in [1.807, 2.05) is 13.8 Å². The molecule has 0 aromatic rings. The van der Waals surface area contributed by atoms with Crippen LogP contribution in [0.4, 0.5) is 0 Å². The zero-order chi connectivity index (χ0) is 12.4. The van der Waals surface area contributed by atoms with Crippen molar-refractivity contribution in [2.75, 3.05) is 24.7 Å². The van der Waals surface area contributed by atoms with Gasteiger partial charge in [-0.2, -0.15) is 17.0 Å². The summed E-state index contributed by atoms with van der Waals surface area (Å²) in [5.74, 6) is 1.46. The van der Waals surface area contributed by atoms with Gasteiger partial charge in [-0.1, -0.05) is 6.92 Å². The van der Waals surface area contributed by atoms with E-state index in [1.54, 1.807) is 11.8 Å². The van der Waals surface area contributed by atoms with E-state index in [2.05, 4.69) is 11.4 Å². The number of thioether (sulfide) groups is 1. The molecule has 3 N–H and O–H groups in total. The number of hydrogen-bond acceptors (Lipinski definition) is 5. The van der Waals surface area contributed by atoms with Crippen LogP contribution in [-0.2, 0) is 0 Å². The lowest BCUT2D eigenvalue weighted by molar-refractivity contribution is 0.113. The molecule has 0 rings (SSSR count). The molecular weight excluding hydrogens is 224 g/mol. The van der Waals surface area contributed by atoms with Crippen molar-refractivity contribution in [1.82, 2.24) is 5.32 Å². The predicted octanol–water partition coefficient (Wildman–Crippen LogP) is 0.745. The van der Waals surface area contributed by atoms with Gasteiger partial charge in [-0.25, -0.2) is 0 Å². The van der Waals surface area contributed by atoms with E-state index in [1.165, 1.54) is 0 Å². The third kappa shape index (κ3) is 7.07. The van der Waals surface area contributed by atoms with Crippen LogP contribution >= 0.6 is 11.8 Å². The van der Waals surface area contributed by atoms with Crippen LogP contribution in [0.5, 0.6) is 0 Å². The molecule has 4 nitrogen and oxygen atoms in total. The Morgan fingerprint density at radius 3 is 2.75 bits per heavy atom. The van der Waals surface area contributed by atoms with E-state index in [0.717, 1.165) is 25.1 Å². The summed E-state index contributed by atoms with van der Waals surface area (Å²) in [6.07, 6.45) is 1.11. The van der Waals surface area contributed by atoms with Crippen LogP contribution in [0, 0.1) is 11.3 Å². The quantitative estimate of drug-likeness (QED) is 0.523. The first kappa shape index (κ1) is 15.7. The average molecular weight is 246 g/mol. The summed E-state index contributed by atoms with van der Waals surface area (Å²) < 4.78 is 0. The van der Waals surface area contributed by atoms with Crippen LogP contribution < -0.4 is 5.32 Å². The Bertz CT molecular complexity index is 221. The van der Waals surface area contributed by atoms with Crippen LogP contribution in [0.3, 0.4) is 0 Å². The van der Waals surface area contributed by atoms with Gasteiger partial charge in [-0.3, -0.25) is 5.32 Å². The molecule has 0 fully saturated rings. The summed E-state index contributed by atoms with van der Waals surface area (Å²) in [7, 11) is 0. The van der Waals surface area contributed by atoms with Gasteiger partial charge in [-0.15, -0.1) is 0 Å². The molecule has 0 bridgehead atoms. The average Bonchev–Trinajstić information content (AvgIpc) is 2.28. The number of nitrogens with zero attached hydrogens (tertiary/aromatic N) is 1. The zero-order valence-corrected chi connectivity index (χ0v) is 10.9. The number of nitriles is 1. The predicted molar refractivity (Wildman–Crippen MR) is 67.3 cm³/mol. The second-order valence-corrected chi connectivity index (χ2v) is 5.14. The molecule has 0 aliphatic heterocycles. The van der Waals surface area contributed by atoms with E-state index in [-0.39, 0.29) is 6.61 Å². The molecule has 0 aliphatic carbocycles. The fourth-order valence-electron chi connectivity index (χ4n) is 1.37. The lowest BCUT2D eigenvalue weighted by Crippen LogP contribution is -2.40. The van der Waals surface area contributed by atoms with Gasteiger partial charge in [0.1, 0.15) is 5.54 Å². The van der Waals surface area contributed by atoms with Crippen molar-refractivity contribution in [2.24, 2.45) is 0 Å². The van der Waals surface area contributed by atoms with Gasteiger partial charge in [0.2, 0.25) is 0 Å². The molecule has 16 heavy (non-hydrogen) atoms. The number of nitrogens with one attached hydrogen (secondary N) is 1. The van der Waals surface area contributed by atoms with E-state index in [4.69, 9.17) is 15.5 Å². The third-order valence-electron chi connectivity index (χ3n) is 2.30. The number of aliphatic hydroxyl groups excluding tert-OH is 2. The lowest BCUT2D eigenvalue weighted by Gasteiger charge is -2.22. The molecular formula is C11H22N2O2S. The monoisotopic (exact) mass is 246 g/mol. The van der Waals surface area contributed by atoms with Crippen molar-refractivity contribution in [3.05, 3.63) is 0 Å². The zero-order valence-electron chi connectivity index (χ0n) is 10.1. The lowest BCUT2D eigenvalue weighted by atomic mass is 9.98. The highest BCUT2D eigenvalue weighted by molar-refractivity contribution is 7.99. The Morgan fingerprint density at radius 1 is 1.56 bits per heavy atom. The highest BCUT2D eigenvalue weighted by Gasteiger charge is 2.21. The minimum Gasteiger partial charge on any atom is -0.394 e. The highest BCUT2D eigenvalue weighted by atomic mass is 32.2. The fraction of sp³-hybridized carbons (Fsp3) is 0.909. The number of hydrogen-bond donors (Lipinski definition) is 3. The van der Waals surface area contributed by atoms with Gasteiger partial charge in [0, 0.05) is 5.75 Å². The Balaban J connectivity index is 3.61. The summed E-state index contributed by atoms with van der Waals surface area (Å²) in [6, 6.07) is 2.28. The maximum Gasteiger partial charge on any atom is 0.103 e. The molecule has 0 amide bonds. The molecule has 2 atom stereocenters. The van der Waals surface area contributed by atoms with Gasteiger partial charge < -0.3 is 10.2 Å². The molecule has 0 aromatic heterocycles. The van der Waals surface area contributed by atoms with E-state index >= 15 is 0 Å². The molecule has 2 unspecified atom stereocenters. The Kier molecular flexibility index (Phi) is 8.67. The molecule has 5 heteroatoms. The van der Waals surface area contributed by atoms with E-state index < -0.39 is 11.6 Å². The summed E-state index contributed by atoms with van der Waals surface area (Å²) in [6.45, 7) is 4.51. The minimum absolute atomic E-state index is 0.180. The molecule has 0 aliphatic rings. The van der Waals surface area contributed by atoms with Crippen molar-refractivity contribution in [3.63, 3.8) is 0 Å². The second-order valence-electron chi connectivity index (χ2n) is 3.99. The summed E-state index contributed by atoms with van der Waals surface area (Å²) in [4.78, 5) is 0. The first-order chi connectivity index (χ1) is 7.58. The van der Waals surface area contributed by atoms with Crippen molar-refractivity contribution < 1.29 is 10.2 Å². The molecule has 0 saturated heterocycles. The Hall–Kier alpha value is -0.280. The SMILES string of the molecule is CCNC(C)(C#N)CCCSCC(O)CO. The van der Waals surface area contributed by atoms with Gasteiger partial charge in [-0.05, 0) is 32.1 Å². The van der Waals surface area contributed by atoms with Gasteiger partial charge in [0.05, 0.1) is 18.8 Å². The van der Waals surface area contributed by atoms with Crippen LogP contribution in [0.1, 0.15) is 26.7 Å². The van der Waals surface area contributed by atoms with Gasteiger partial charge in [0.25, 0.3) is 0 Å². The van der Waals surface area contributed by atoms with Crippen molar-refractivity contribution >= 4 is 11.8 Å². The van der Waals surface area contributed by atoms with Crippen molar-refractivity contribution in [3.8, 4) is 6.07 Å². The normalized spacial score (nSPS) is 16.4. The molecule has 0 saturated carbocycles. The highest BCUT2D eigenvalue weighted by Crippen LogP contribution is 2.14. The number of rotatable bonds is 9. The van der Waals surface area contributed by atoms with Gasteiger partial charge >= 0.3 is 0 Å². The van der Waals surface area contributed by atoms with Crippen molar-refractivity contribution in [2.45, 2.75) is 38.3 Å². The smallest absolute Gasteiger partial charge is 0.103 e. The maximum absolute atomic E-state index is 9.11. The third-order valence-corrected chi connectivity index (χ3v) is 3.50. The minimum atomic E-state index is -0.624. The van der Waals surface area contributed by atoms with Gasteiger partial charge in [0.15, 0.2) is 0 Å². The van der Waals surface area contributed by atoms with E-state index in [9.17, 15) is 0 Å². The van der Waals surface area contributed by atoms with Crippen molar-refractivity contribution in [1.29, 1.82) is 5.26 Å². The molecule has 0 radical (unpaired) electrons. The van der Waals surface area contributed by atoms with Crippen LogP contribution in [0.2, 0.25) is 0 Å². The number of aliphatic hydroxyl groups is 2.